The molecule has 0 radical (unpaired) electrons. The highest BCUT2D eigenvalue weighted by Crippen LogP contribution is 2.38. The van der Waals surface area contributed by atoms with Crippen LogP contribution in [0.25, 0.3) is 11.4 Å². The summed E-state index contributed by atoms with van der Waals surface area (Å²) in [6, 6.07) is 14.3. The summed E-state index contributed by atoms with van der Waals surface area (Å²) in [5, 5.41) is 4.81. The van der Waals surface area contributed by atoms with Gasteiger partial charge in [-0.05, 0) is 42.8 Å². The average Bonchev–Trinajstić information content (AvgIpc) is 3.53. The summed E-state index contributed by atoms with van der Waals surface area (Å²) in [4.78, 5) is 18.0. The van der Waals surface area contributed by atoms with Crippen LogP contribution in [0.3, 0.4) is 0 Å². The molecule has 8 heteroatoms. The third-order valence-electron chi connectivity index (χ3n) is 4.88. The fourth-order valence-electron chi connectivity index (χ4n) is 3.31. The van der Waals surface area contributed by atoms with Gasteiger partial charge in [0.2, 0.25) is 0 Å². The van der Waals surface area contributed by atoms with E-state index in [9.17, 15) is 4.79 Å². The topological polar surface area (TPSA) is 65.2 Å². The fraction of sp³-hybridized carbons (Fsp3) is 0.333. The second-order valence-electron chi connectivity index (χ2n) is 7.13. The molecule has 1 saturated carbocycles. The highest BCUT2D eigenvalue weighted by molar-refractivity contribution is 7.71. The van der Waals surface area contributed by atoms with Crippen molar-refractivity contribution in [3.05, 3.63) is 65.2 Å². The minimum Gasteiger partial charge on any atom is -0.468 e. The van der Waals surface area contributed by atoms with Crippen molar-refractivity contribution in [2.24, 2.45) is 0 Å². The zero-order chi connectivity index (χ0) is 20.2. The molecule has 2 aromatic heterocycles. The molecule has 29 heavy (non-hydrogen) atoms. The van der Waals surface area contributed by atoms with Gasteiger partial charge in [0.15, 0.2) is 10.6 Å². The van der Waals surface area contributed by atoms with Crippen LogP contribution >= 0.6 is 12.2 Å². The van der Waals surface area contributed by atoms with E-state index in [1.807, 2.05) is 47.4 Å². The molecule has 150 valence electrons. The summed E-state index contributed by atoms with van der Waals surface area (Å²) >= 11 is 5.76. The second-order valence-corrected chi connectivity index (χ2v) is 7.50. The van der Waals surface area contributed by atoms with E-state index in [1.165, 1.54) is 7.11 Å². The Morgan fingerprint density at radius 3 is 2.59 bits per heavy atom. The Balaban J connectivity index is 1.65. The molecule has 0 aliphatic heterocycles. The van der Waals surface area contributed by atoms with E-state index in [2.05, 4.69) is 9.55 Å². The van der Waals surface area contributed by atoms with E-state index < -0.39 is 0 Å². The first-order valence-corrected chi connectivity index (χ1v) is 9.99. The largest absolute Gasteiger partial charge is 0.468 e. The van der Waals surface area contributed by atoms with Gasteiger partial charge < -0.3 is 4.74 Å². The Labute approximate surface area is 174 Å². The normalized spacial score (nSPS) is 13.6. The molecule has 0 spiro atoms. The Morgan fingerprint density at radius 1 is 1.21 bits per heavy atom. The van der Waals surface area contributed by atoms with E-state index >= 15 is 0 Å². The number of carbonyl (C=O) groups excluding carboxylic acids is 1. The van der Waals surface area contributed by atoms with E-state index in [0.717, 1.165) is 29.8 Å². The molecule has 3 aromatic rings. The average molecular weight is 410 g/mol. The smallest absolute Gasteiger partial charge is 0.319 e. The van der Waals surface area contributed by atoms with Crippen molar-refractivity contribution < 1.29 is 9.53 Å². The molecule has 0 N–H and O–H groups in total. The number of methoxy groups -OCH3 is 1. The van der Waals surface area contributed by atoms with E-state index in [4.69, 9.17) is 22.1 Å². The zero-order valence-corrected chi connectivity index (χ0v) is 17.1. The first kappa shape index (κ1) is 19.5. The summed E-state index contributed by atoms with van der Waals surface area (Å²) in [6.07, 6.45) is 5.73. The molecule has 0 unspecified atom stereocenters. The SMILES string of the molecule is COC(=O)CN(Cc1ccccc1)Cn1nc(-c2ccncc2)n(C2CC2)c1=S. The van der Waals surface area contributed by atoms with Crippen LogP contribution in [-0.2, 0) is 22.7 Å². The molecular formula is C21H23N5O2S. The van der Waals surface area contributed by atoms with Gasteiger partial charge in [0.1, 0.15) is 0 Å². The number of nitrogens with zero attached hydrogens (tertiary/aromatic N) is 5. The molecule has 0 amide bonds. The number of hydrogen-bond donors (Lipinski definition) is 0. The van der Waals surface area contributed by atoms with Crippen molar-refractivity contribution in [1.29, 1.82) is 0 Å². The Kier molecular flexibility index (Phi) is 5.82. The minimum absolute atomic E-state index is 0.161. The van der Waals surface area contributed by atoms with Crippen LogP contribution in [0.5, 0.6) is 0 Å². The van der Waals surface area contributed by atoms with E-state index in [-0.39, 0.29) is 12.5 Å². The van der Waals surface area contributed by atoms with Gasteiger partial charge in [0.05, 0.1) is 20.3 Å². The summed E-state index contributed by atoms with van der Waals surface area (Å²) in [6.45, 7) is 1.16. The number of ether oxygens (including phenoxy) is 1. The van der Waals surface area contributed by atoms with Gasteiger partial charge in [-0.15, -0.1) is 0 Å². The van der Waals surface area contributed by atoms with Crippen LogP contribution in [0.1, 0.15) is 24.4 Å². The van der Waals surface area contributed by atoms with Gasteiger partial charge in [0.25, 0.3) is 0 Å². The van der Waals surface area contributed by atoms with Crippen molar-refractivity contribution in [3.63, 3.8) is 0 Å². The predicted molar refractivity (Wildman–Crippen MR) is 111 cm³/mol. The molecule has 1 aromatic carbocycles. The molecule has 1 aliphatic rings. The predicted octanol–water partition coefficient (Wildman–Crippen LogP) is 3.44. The van der Waals surface area contributed by atoms with Gasteiger partial charge in [-0.1, -0.05) is 30.3 Å². The van der Waals surface area contributed by atoms with Gasteiger partial charge in [-0.2, -0.15) is 5.10 Å². The van der Waals surface area contributed by atoms with Gasteiger partial charge in [-0.3, -0.25) is 19.2 Å². The third-order valence-corrected chi connectivity index (χ3v) is 5.29. The third kappa shape index (κ3) is 4.60. The van der Waals surface area contributed by atoms with Crippen molar-refractivity contribution in [2.45, 2.75) is 32.1 Å². The lowest BCUT2D eigenvalue weighted by Gasteiger charge is -2.20. The molecule has 0 atom stereocenters. The maximum Gasteiger partial charge on any atom is 0.319 e. The molecule has 0 bridgehead atoms. The number of aromatic nitrogens is 4. The Hall–Kier alpha value is -2.84. The molecule has 7 nitrogen and oxygen atoms in total. The molecular weight excluding hydrogens is 386 g/mol. The maximum absolute atomic E-state index is 12.0. The molecule has 1 fully saturated rings. The van der Waals surface area contributed by atoms with Crippen LogP contribution < -0.4 is 0 Å². The number of esters is 1. The van der Waals surface area contributed by atoms with E-state index in [0.29, 0.717) is 24.0 Å². The highest BCUT2D eigenvalue weighted by Gasteiger charge is 2.29. The zero-order valence-electron chi connectivity index (χ0n) is 16.3. The quantitative estimate of drug-likeness (QED) is 0.419. The maximum atomic E-state index is 12.0. The Bertz CT molecular complexity index is 1030. The van der Waals surface area contributed by atoms with Crippen LogP contribution in [0.4, 0.5) is 0 Å². The highest BCUT2D eigenvalue weighted by atomic mass is 32.1. The molecule has 0 saturated heterocycles. The van der Waals surface area contributed by atoms with Gasteiger partial charge >= 0.3 is 5.97 Å². The van der Waals surface area contributed by atoms with Crippen molar-refractivity contribution in [3.8, 4) is 11.4 Å². The Morgan fingerprint density at radius 2 is 1.93 bits per heavy atom. The van der Waals surface area contributed by atoms with Crippen molar-refractivity contribution in [1.82, 2.24) is 24.2 Å². The lowest BCUT2D eigenvalue weighted by molar-refractivity contribution is -0.142. The minimum atomic E-state index is -0.288. The van der Waals surface area contributed by atoms with E-state index in [1.54, 1.807) is 17.1 Å². The second kappa shape index (κ2) is 8.67. The standard InChI is InChI=1S/C21H23N5O2S/c1-28-19(27)14-24(13-16-5-3-2-4-6-16)15-25-21(29)26(18-7-8-18)20(23-25)17-9-11-22-12-10-17/h2-6,9-12,18H,7-8,13-15H2,1H3. The summed E-state index contributed by atoms with van der Waals surface area (Å²) in [7, 11) is 1.40. The number of carbonyl (C=O) groups is 1. The monoisotopic (exact) mass is 409 g/mol. The van der Waals surface area contributed by atoms with Gasteiger partial charge in [0, 0.05) is 30.5 Å². The molecule has 2 heterocycles. The number of benzene rings is 1. The molecule has 1 aliphatic carbocycles. The number of rotatable bonds is 8. The summed E-state index contributed by atoms with van der Waals surface area (Å²) in [5.41, 5.74) is 2.10. The lowest BCUT2D eigenvalue weighted by Crippen LogP contribution is -2.32. The fourth-order valence-corrected chi connectivity index (χ4v) is 3.64. The van der Waals surface area contributed by atoms with Crippen molar-refractivity contribution >= 4 is 18.2 Å². The first-order chi connectivity index (χ1) is 14.2. The van der Waals surface area contributed by atoms with Gasteiger partial charge in [-0.25, -0.2) is 4.68 Å². The number of hydrogen-bond acceptors (Lipinski definition) is 6. The van der Waals surface area contributed by atoms with Crippen LogP contribution in [0.2, 0.25) is 0 Å². The first-order valence-electron chi connectivity index (χ1n) is 9.58. The van der Waals surface area contributed by atoms with Crippen LogP contribution in [0, 0.1) is 4.77 Å². The van der Waals surface area contributed by atoms with Crippen LogP contribution in [-0.4, -0.2) is 43.9 Å². The van der Waals surface area contributed by atoms with Crippen molar-refractivity contribution in [2.75, 3.05) is 13.7 Å². The summed E-state index contributed by atoms with van der Waals surface area (Å²) in [5.74, 6) is 0.557. The summed E-state index contributed by atoms with van der Waals surface area (Å²) < 4.78 is 9.48. The lowest BCUT2D eigenvalue weighted by atomic mass is 10.2. The number of pyridine rings is 1. The molecule has 4 rings (SSSR count). The van der Waals surface area contributed by atoms with Crippen LogP contribution in [0.15, 0.2) is 54.9 Å².